The van der Waals surface area contributed by atoms with E-state index in [2.05, 4.69) is 33.9 Å². The van der Waals surface area contributed by atoms with E-state index in [0.29, 0.717) is 13.0 Å². The Kier molecular flexibility index (Phi) is 6.25. The number of guanidine groups is 1. The molecule has 0 bridgehead atoms. The lowest BCUT2D eigenvalue weighted by molar-refractivity contribution is -0.116. The zero-order valence-corrected chi connectivity index (χ0v) is 13.5. The lowest BCUT2D eigenvalue weighted by Gasteiger charge is -2.26. The van der Waals surface area contributed by atoms with Crippen molar-refractivity contribution in [3.05, 3.63) is 29.8 Å². The topological polar surface area (TPSA) is 65.5 Å². The SMILES string of the molecule is CCCCCNC(=NC)NCC1CC(=O)Nc2ccccc21. The van der Waals surface area contributed by atoms with Crippen LogP contribution in [0.25, 0.3) is 0 Å². The van der Waals surface area contributed by atoms with Crippen LogP contribution in [0, 0.1) is 0 Å². The van der Waals surface area contributed by atoms with E-state index >= 15 is 0 Å². The van der Waals surface area contributed by atoms with E-state index in [4.69, 9.17) is 0 Å². The van der Waals surface area contributed by atoms with Gasteiger partial charge in [0.15, 0.2) is 5.96 Å². The molecule has 1 atom stereocenters. The summed E-state index contributed by atoms with van der Waals surface area (Å²) in [6.07, 6.45) is 4.09. The molecule has 0 radical (unpaired) electrons. The Hall–Kier alpha value is -2.04. The molecule has 1 unspecified atom stereocenters. The molecule has 1 aromatic rings. The van der Waals surface area contributed by atoms with E-state index in [9.17, 15) is 4.79 Å². The number of hydrogen-bond acceptors (Lipinski definition) is 2. The van der Waals surface area contributed by atoms with Crippen molar-refractivity contribution in [2.45, 2.75) is 38.5 Å². The monoisotopic (exact) mass is 302 g/mol. The van der Waals surface area contributed by atoms with Crippen LogP contribution in [0.1, 0.15) is 44.1 Å². The van der Waals surface area contributed by atoms with Gasteiger partial charge in [-0.05, 0) is 18.1 Å². The largest absolute Gasteiger partial charge is 0.356 e. The summed E-state index contributed by atoms with van der Waals surface area (Å²) in [7, 11) is 1.77. The summed E-state index contributed by atoms with van der Waals surface area (Å²) in [6.45, 7) is 3.83. The molecule has 1 aromatic carbocycles. The van der Waals surface area contributed by atoms with Gasteiger partial charge in [-0.15, -0.1) is 0 Å². The van der Waals surface area contributed by atoms with Gasteiger partial charge < -0.3 is 16.0 Å². The van der Waals surface area contributed by atoms with Crippen LogP contribution >= 0.6 is 0 Å². The molecule has 0 fully saturated rings. The minimum absolute atomic E-state index is 0.0800. The van der Waals surface area contributed by atoms with Crippen LogP contribution < -0.4 is 16.0 Å². The Balaban J connectivity index is 1.89. The predicted molar refractivity (Wildman–Crippen MR) is 91.3 cm³/mol. The lowest BCUT2D eigenvalue weighted by atomic mass is 9.90. The van der Waals surface area contributed by atoms with Crippen LogP contribution in [0.15, 0.2) is 29.3 Å². The Bertz CT molecular complexity index is 527. The van der Waals surface area contributed by atoms with Gasteiger partial charge in [0.25, 0.3) is 0 Å². The molecule has 0 spiro atoms. The molecule has 1 aliphatic rings. The number of nitrogens with one attached hydrogen (secondary N) is 3. The normalized spacial score (nSPS) is 17.6. The molecule has 22 heavy (non-hydrogen) atoms. The number of para-hydroxylation sites is 1. The molecule has 0 aromatic heterocycles. The second-order valence-corrected chi connectivity index (χ2v) is 5.62. The van der Waals surface area contributed by atoms with Gasteiger partial charge in [-0.1, -0.05) is 38.0 Å². The van der Waals surface area contributed by atoms with Crippen molar-refractivity contribution in [1.82, 2.24) is 10.6 Å². The first kappa shape index (κ1) is 16.3. The third-order valence-corrected chi connectivity index (χ3v) is 3.92. The maximum atomic E-state index is 11.8. The number of benzene rings is 1. The van der Waals surface area contributed by atoms with Crippen molar-refractivity contribution in [1.29, 1.82) is 0 Å². The molecule has 1 amide bonds. The molecule has 120 valence electrons. The van der Waals surface area contributed by atoms with E-state index < -0.39 is 0 Å². The molecular weight excluding hydrogens is 276 g/mol. The quantitative estimate of drug-likeness (QED) is 0.430. The van der Waals surface area contributed by atoms with Crippen molar-refractivity contribution in [2.75, 3.05) is 25.5 Å². The number of hydrogen-bond donors (Lipinski definition) is 3. The number of amides is 1. The highest BCUT2D eigenvalue weighted by Gasteiger charge is 2.24. The smallest absolute Gasteiger partial charge is 0.225 e. The average molecular weight is 302 g/mol. The lowest BCUT2D eigenvalue weighted by Crippen LogP contribution is -2.41. The molecule has 2 rings (SSSR count). The van der Waals surface area contributed by atoms with Gasteiger partial charge in [0, 0.05) is 38.2 Å². The Morgan fingerprint density at radius 1 is 1.32 bits per heavy atom. The van der Waals surface area contributed by atoms with Crippen molar-refractivity contribution in [2.24, 2.45) is 4.99 Å². The summed E-state index contributed by atoms with van der Waals surface area (Å²) in [5.74, 6) is 1.06. The predicted octanol–water partition coefficient (Wildman–Crippen LogP) is 2.47. The third-order valence-electron chi connectivity index (χ3n) is 3.92. The van der Waals surface area contributed by atoms with Gasteiger partial charge in [-0.2, -0.15) is 0 Å². The summed E-state index contributed by atoms with van der Waals surface area (Å²) >= 11 is 0. The molecule has 5 heteroatoms. The Morgan fingerprint density at radius 3 is 2.91 bits per heavy atom. The third kappa shape index (κ3) is 4.48. The maximum Gasteiger partial charge on any atom is 0.225 e. The van der Waals surface area contributed by atoms with Crippen molar-refractivity contribution >= 4 is 17.6 Å². The van der Waals surface area contributed by atoms with Gasteiger partial charge >= 0.3 is 0 Å². The molecule has 0 saturated heterocycles. The zero-order valence-electron chi connectivity index (χ0n) is 13.5. The molecule has 3 N–H and O–H groups in total. The fourth-order valence-corrected chi connectivity index (χ4v) is 2.71. The zero-order chi connectivity index (χ0) is 15.8. The molecule has 0 saturated carbocycles. The number of unbranched alkanes of at least 4 members (excludes halogenated alkanes) is 2. The standard InChI is InChI=1S/C17H26N4O/c1-3-4-7-10-19-17(18-2)20-12-13-11-16(22)21-15-9-6-5-8-14(13)15/h5-6,8-9,13H,3-4,7,10-12H2,1-2H3,(H,21,22)(H2,18,19,20). The number of carbonyl (C=O) groups is 1. The first-order valence-electron chi connectivity index (χ1n) is 8.08. The molecule has 1 aliphatic heterocycles. The van der Waals surface area contributed by atoms with E-state index in [1.165, 1.54) is 18.4 Å². The second kappa shape index (κ2) is 8.41. The second-order valence-electron chi connectivity index (χ2n) is 5.62. The van der Waals surface area contributed by atoms with Crippen LogP contribution in [0.2, 0.25) is 0 Å². The number of aliphatic imine (C=N–C) groups is 1. The number of fused-ring (bicyclic) bond motifs is 1. The number of anilines is 1. The molecule has 5 nitrogen and oxygen atoms in total. The molecule has 0 aliphatic carbocycles. The minimum atomic E-state index is 0.0800. The van der Waals surface area contributed by atoms with Gasteiger partial charge in [-0.3, -0.25) is 9.79 Å². The van der Waals surface area contributed by atoms with Gasteiger partial charge in [0.05, 0.1) is 0 Å². The first-order valence-corrected chi connectivity index (χ1v) is 8.08. The maximum absolute atomic E-state index is 11.8. The number of carbonyl (C=O) groups excluding carboxylic acids is 1. The molecular formula is C17H26N4O. The highest BCUT2D eigenvalue weighted by molar-refractivity contribution is 5.94. The van der Waals surface area contributed by atoms with E-state index in [-0.39, 0.29) is 11.8 Å². The fourth-order valence-electron chi connectivity index (χ4n) is 2.71. The highest BCUT2D eigenvalue weighted by Crippen LogP contribution is 2.31. The minimum Gasteiger partial charge on any atom is -0.356 e. The number of nitrogens with zero attached hydrogens (tertiary/aromatic N) is 1. The van der Waals surface area contributed by atoms with Gasteiger partial charge in [-0.25, -0.2) is 0 Å². The van der Waals surface area contributed by atoms with Crippen molar-refractivity contribution in [3.63, 3.8) is 0 Å². The highest BCUT2D eigenvalue weighted by atomic mass is 16.1. The van der Waals surface area contributed by atoms with Crippen LogP contribution in [0.5, 0.6) is 0 Å². The first-order chi connectivity index (χ1) is 10.7. The summed E-state index contributed by atoms with van der Waals surface area (Å²) in [5, 5.41) is 9.58. The van der Waals surface area contributed by atoms with E-state index in [1.807, 2.05) is 18.2 Å². The number of rotatable bonds is 6. The van der Waals surface area contributed by atoms with Crippen LogP contribution in [0.3, 0.4) is 0 Å². The van der Waals surface area contributed by atoms with Gasteiger partial charge in [0.2, 0.25) is 5.91 Å². The van der Waals surface area contributed by atoms with E-state index in [0.717, 1.165) is 24.6 Å². The summed E-state index contributed by atoms with van der Waals surface area (Å²) in [5.41, 5.74) is 2.12. The van der Waals surface area contributed by atoms with Crippen molar-refractivity contribution in [3.8, 4) is 0 Å². The average Bonchev–Trinajstić information content (AvgIpc) is 2.54. The van der Waals surface area contributed by atoms with Crippen LogP contribution in [0.4, 0.5) is 5.69 Å². The summed E-state index contributed by atoms with van der Waals surface area (Å²) in [4.78, 5) is 16.0. The Morgan fingerprint density at radius 2 is 2.14 bits per heavy atom. The fraction of sp³-hybridized carbons (Fsp3) is 0.529. The van der Waals surface area contributed by atoms with Gasteiger partial charge in [0.1, 0.15) is 0 Å². The van der Waals surface area contributed by atoms with Crippen LogP contribution in [-0.2, 0) is 4.79 Å². The summed E-state index contributed by atoms with van der Waals surface area (Å²) < 4.78 is 0. The molecule has 1 heterocycles. The Labute approximate surface area is 132 Å². The summed E-state index contributed by atoms with van der Waals surface area (Å²) in [6, 6.07) is 8.00. The van der Waals surface area contributed by atoms with Crippen molar-refractivity contribution < 1.29 is 4.79 Å². The van der Waals surface area contributed by atoms with E-state index in [1.54, 1.807) is 7.05 Å². The van der Waals surface area contributed by atoms with Crippen LogP contribution in [-0.4, -0.2) is 32.0 Å².